The van der Waals surface area contributed by atoms with Gasteiger partial charge in [-0.25, -0.2) is 13.1 Å². The molecule has 1 aliphatic heterocycles. The van der Waals surface area contributed by atoms with E-state index in [4.69, 9.17) is 4.74 Å². The molecule has 0 unspecified atom stereocenters. The minimum Gasteiger partial charge on any atom is -0.497 e. The number of nitrogens with zero attached hydrogens (tertiary/aromatic N) is 2. The smallest absolute Gasteiger partial charge is 0.253 e. The maximum atomic E-state index is 12.9. The summed E-state index contributed by atoms with van der Waals surface area (Å²) >= 11 is 0. The molecule has 1 aliphatic rings. The molecule has 0 spiro atoms. The molecule has 1 N–H and O–H groups in total. The molecule has 1 fully saturated rings. The number of piperazine rings is 1. The van der Waals surface area contributed by atoms with E-state index < -0.39 is 15.6 Å². The zero-order valence-electron chi connectivity index (χ0n) is 19.3. The van der Waals surface area contributed by atoms with E-state index in [1.165, 1.54) is 17.7 Å². The average Bonchev–Trinajstić information content (AvgIpc) is 2.76. The molecule has 174 valence electrons. The van der Waals surface area contributed by atoms with E-state index in [2.05, 4.69) is 21.8 Å². The van der Waals surface area contributed by atoms with Crippen LogP contribution < -0.4 is 9.46 Å². The molecule has 0 aliphatic carbocycles. The predicted molar refractivity (Wildman–Crippen MR) is 126 cm³/mol. The summed E-state index contributed by atoms with van der Waals surface area (Å²) in [5.41, 5.74) is 1.20. The van der Waals surface area contributed by atoms with E-state index in [-0.39, 0.29) is 10.8 Å². The first-order valence-corrected chi connectivity index (χ1v) is 12.3. The van der Waals surface area contributed by atoms with Crippen molar-refractivity contribution >= 4 is 15.9 Å². The Balaban J connectivity index is 1.51. The van der Waals surface area contributed by atoms with E-state index in [0.29, 0.717) is 18.7 Å². The van der Waals surface area contributed by atoms with E-state index in [9.17, 15) is 13.2 Å². The number of carbonyl (C=O) groups excluding carboxylic acids is 1. The summed E-state index contributed by atoms with van der Waals surface area (Å²) in [5.74, 6) is 0.796. The van der Waals surface area contributed by atoms with Crippen LogP contribution in [0.25, 0.3) is 0 Å². The van der Waals surface area contributed by atoms with Gasteiger partial charge in [-0.3, -0.25) is 9.69 Å². The number of hydrogen-bond donors (Lipinski definition) is 1. The monoisotopic (exact) mass is 459 g/mol. The molecular formula is C24H33N3O4S. The van der Waals surface area contributed by atoms with Gasteiger partial charge in [-0.2, -0.15) is 0 Å². The molecule has 8 heteroatoms. The predicted octanol–water partition coefficient (Wildman–Crippen LogP) is 2.77. The number of benzene rings is 2. The van der Waals surface area contributed by atoms with Crippen LogP contribution in [-0.2, 0) is 16.4 Å². The lowest BCUT2D eigenvalue weighted by Crippen LogP contribution is -2.49. The molecule has 7 nitrogen and oxygen atoms in total. The highest BCUT2D eigenvalue weighted by Gasteiger charge is 2.24. The van der Waals surface area contributed by atoms with Crippen LogP contribution in [-0.4, -0.2) is 69.5 Å². The normalized spacial score (nSPS) is 15.6. The number of carbonyl (C=O) groups is 1. The lowest BCUT2D eigenvalue weighted by molar-refractivity contribution is 0.0638. The second-order valence-corrected chi connectivity index (χ2v) is 10.8. The summed E-state index contributed by atoms with van der Waals surface area (Å²) in [4.78, 5) is 17.2. The molecule has 0 aromatic heterocycles. The Kier molecular flexibility index (Phi) is 7.59. The zero-order valence-corrected chi connectivity index (χ0v) is 20.1. The number of ether oxygens (including phenoxy) is 1. The molecule has 0 radical (unpaired) electrons. The topological polar surface area (TPSA) is 79.0 Å². The Hall–Kier alpha value is -2.42. The molecule has 2 aromatic carbocycles. The highest BCUT2D eigenvalue weighted by atomic mass is 32.2. The van der Waals surface area contributed by atoms with Gasteiger partial charge in [0, 0.05) is 43.8 Å². The van der Waals surface area contributed by atoms with Crippen molar-refractivity contribution in [1.29, 1.82) is 0 Å². The Morgan fingerprint density at radius 2 is 1.56 bits per heavy atom. The molecule has 1 saturated heterocycles. The van der Waals surface area contributed by atoms with Crippen molar-refractivity contribution in [1.82, 2.24) is 14.5 Å². The van der Waals surface area contributed by atoms with Gasteiger partial charge in [-0.15, -0.1) is 0 Å². The van der Waals surface area contributed by atoms with Crippen molar-refractivity contribution < 1.29 is 17.9 Å². The summed E-state index contributed by atoms with van der Waals surface area (Å²) in [5, 5.41) is 0. The minimum absolute atomic E-state index is 0.0625. The third-order valence-electron chi connectivity index (χ3n) is 5.39. The van der Waals surface area contributed by atoms with Crippen molar-refractivity contribution in [3.63, 3.8) is 0 Å². The van der Waals surface area contributed by atoms with E-state index in [0.717, 1.165) is 31.8 Å². The number of amides is 1. The molecule has 1 amide bonds. The molecule has 2 aromatic rings. The van der Waals surface area contributed by atoms with Gasteiger partial charge in [0.15, 0.2) is 0 Å². The number of rotatable bonds is 7. The van der Waals surface area contributed by atoms with Gasteiger partial charge in [-0.05, 0) is 69.2 Å². The highest BCUT2D eigenvalue weighted by Crippen LogP contribution is 2.16. The molecule has 1 heterocycles. The first-order chi connectivity index (χ1) is 15.1. The fourth-order valence-corrected chi connectivity index (χ4v) is 5.09. The van der Waals surface area contributed by atoms with Gasteiger partial charge >= 0.3 is 0 Å². The summed E-state index contributed by atoms with van der Waals surface area (Å²) in [6.45, 7) is 9.28. The van der Waals surface area contributed by atoms with Crippen molar-refractivity contribution in [3.05, 3.63) is 59.7 Å². The number of sulfonamides is 1. The van der Waals surface area contributed by atoms with Gasteiger partial charge in [0.05, 0.1) is 12.0 Å². The second-order valence-electron chi connectivity index (χ2n) is 9.11. The number of methoxy groups -OCH3 is 1. The molecular weight excluding hydrogens is 426 g/mol. The summed E-state index contributed by atoms with van der Waals surface area (Å²) in [7, 11) is -1.95. The van der Waals surface area contributed by atoms with E-state index in [1.807, 2.05) is 17.0 Å². The third-order valence-corrected chi connectivity index (χ3v) is 7.16. The third kappa shape index (κ3) is 6.54. The van der Waals surface area contributed by atoms with Crippen LogP contribution >= 0.6 is 0 Å². The molecule has 32 heavy (non-hydrogen) atoms. The first kappa shape index (κ1) is 24.2. The van der Waals surface area contributed by atoms with Crippen molar-refractivity contribution in [2.24, 2.45) is 0 Å². The van der Waals surface area contributed by atoms with Gasteiger partial charge in [0.2, 0.25) is 10.0 Å². The molecule has 3 rings (SSSR count). The highest BCUT2D eigenvalue weighted by molar-refractivity contribution is 7.89. The summed E-state index contributed by atoms with van der Waals surface area (Å²) in [6, 6.07) is 14.3. The first-order valence-electron chi connectivity index (χ1n) is 10.9. The zero-order chi connectivity index (χ0) is 23.4. The Bertz CT molecular complexity index is 1000. The van der Waals surface area contributed by atoms with Crippen LogP contribution in [0.4, 0.5) is 0 Å². The maximum Gasteiger partial charge on any atom is 0.253 e. The van der Waals surface area contributed by atoms with Crippen molar-refractivity contribution in [2.45, 2.75) is 37.6 Å². The Morgan fingerprint density at radius 1 is 0.969 bits per heavy atom. The van der Waals surface area contributed by atoms with Crippen molar-refractivity contribution in [3.8, 4) is 5.75 Å². The lowest BCUT2D eigenvalue weighted by Gasteiger charge is -2.34. The van der Waals surface area contributed by atoms with Crippen LogP contribution in [0.1, 0.15) is 36.7 Å². The largest absolute Gasteiger partial charge is 0.497 e. The van der Waals surface area contributed by atoms with E-state index in [1.54, 1.807) is 40.0 Å². The van der Waals surface area contributed by atoms with Crippen molar-refractivity contribution in [2.75, 3.05) is 39.8 Å². The summed E-state index contributed by atoms with van der Waals surface area (Å²) in [6.07, 6.45) is 0.955. The van der Waals surface area contributed by atoms with Crippen LogP contribution in [0.5, 0.6) is 5.75 Å². The molecule has 0 bridgehead atoms. The van der Waals surface area contributed by atoms with Crippen LogP contribution in [0.15, 0.2) is 53.4 Å². The van der Waals surface area contributed by atoms with Gasteiger partial charge < -0.3 is 9.64 Å². The fraction of sp³-hybridized carbons (Fsp3) is 0.458. The summed E-state index contributed by atoms with van der Waals surface area (Å²) < 4.78 is 32.7. The number of nitrogens with one attached hydrogen (secondary N) is 1. The van der Waals surface area contributed by atoms with Gasteiger partial charge in [0.25, 0.3) is 5.91 Å². The van der Waals surface area contributed by atoms with Crippen LogP contribution in [0.3, 0.4) is 0 Å². The Labute approximate surface area is 191 Å². The van der Waals surface area contributed by atoms with Gasteiger partial charge in [0.1, 0.15) is 5.75 Å². The number of hydrogen-bond acceptors (Lipinski definition) is 5. The van der Waals surface area contributed by atoms with Gasteiger partial charge in [-0.1, -0.05) is 12.1 Å². The van der Waals surface area contributed by atoms with Crippen LogP contribution in [0, 0.1) is 0 Å². The minimum atomic E-state index is -3.61. The molecule has 0 saturated carbocycles. The quantitative estimate of drug-likeness (QED) is 0.689. The standard InChI is InChI=1S/C24H33N3O4S/c1-24(2,3)25-32(29,30)22-11-7-20(8-12-22)23(28)27-17-15-26(16-18-27)14-13-19-5-9-21(31-4)10-6-19/h5-12,25H,13-18H2,1-4H3. The van der Waals surface area contributed by atoms with Crippen LogP contribution in [0.2, 0.25) is 0 Å². The lowest BCUT2D eigenvalue weighted by atomic mass is 10.1. The average molecular weight is 460 g/mol. The van der Waals surface area contributed by atoms with E-state index >= 15 is 0 Å². The maximum absolute atomic E-state index is 12.9. The molecule has 0 atom stereocenters. The second kappa shape index (κ2) is 10.0. The fourth-order valence-electron chi connectivity index (χ4n) is 3.68. The SMILES string of the molecule is COc1ccc(CCN2CCN(C(=O)c3ccc(S(=O)(=O)NC(C)(C)C)cc3)CC2)cc1. The Morgan fingerprint density at radius 3 is 2.09 bits per heavy atom.